The van der Waals surface area contributed by atoms with Gasteiger partial charge in [0.25, 0.3) is 0 Å². The van der Waals surface area contributed by atoms with Crippen LogP contribution < -0.4 is 0 Å². The van der Waals surface area contributed by atoms with Gasteiger partial charge < -0.3 is 9.64 Å². The SMILES string of the molecule is [CH2]CC(OCCN(CC)CC)[SiH](C)C. The van der Waals surface area contributed by atoms with E-state index < -0.39 is 8.80 Å². The summed E-state index contributed by atoms with van der Waals surface area (Å²) in [4.78, 5) is 2.39. The van der Waals surface area contributed by atoms with Crippen LogP contribution in [0.3, 0.4) is 0 Å². The van der Waals surface area contributed by atoms with Crippen LogP contribution in [-0.2, 0) is 4.74 Å². The second-order valence-corrected chi connectivity index (χ2v) is 7.20. The Kier molecular flexibility index (Phi) is 8.53. The first-order valence-electron chi connectivity index (χ1n) is 5.78. The van der Waals surface area contributed by atoms with E-state index in [2.05, 4.69) is 38.8 Å². The third kappa shape index (κ3) is 5.78. The summed E-state index contributed by atoms with van der Waals surface area (Å²) >= 11 is 0. The molecule has 0 aromatic carbocycles. The van der Waals surface area contributed by atoms with Crippen molar-refractivity contribution in [2.45, 2.75) is 39.1 Å². The van der Waals surface area contributed by atoms with Crippen molar-refractivity contribution < 1.29 is 4.74 Å². The summed E-state index contributed by atoms with van der Waals surface area (Å²) in [7, 11) is -0.669. The van der Waals surface area contributed by atoms with Gasteiger partial charge in [-0.2, -0.15) is 0 Å². The number of nitrogens with zero attached hydrogens (tertiary/aromatic N) is 1. The summed E-state index contributed by atoms with van der Waals surface area (Å²) in [5.74, 6) is 0. The van der Waals surface area contributed by atoms with Crippen molar-refractivity contribution in [1.29, 1.82) is 0 Å². The predicted molar refractivity (Wildman–Crippen MR) is 66.4 cm³/mol. The van der Waals surface area contributed by atoms with Gasteiger partial charge in [-0.05, 0) is 19.5 Å². The Morgan fingerprint density at radius 2 is 1.86 bits per heavy atom. The van der Waals surface area contributed by atoms with Crippen molar-refractivity contribution in [2.24, 2.45) is 0 Å². The third-order valence-corrected chi connectivity index (χ3v) is 4.67. The molecule has 0 aliphatic heterocycles. The van der Waals surface area contributed by atoms with E-state index in [0.717, 1.165) is 32.7 Å². The minimum Gasteiger partial charge on any atom is -0.381 e. The molecule has 0 aromatic heterocycles. The fraction of sp³-hybridized carbons (Fsp3) is 0.909. The van der Waals surface area contributed by atoms with Gasteiger partial charge >= 0.3 is 0 Å². The van der Waals surface area contributed by atoms with Crippen LogP contribution in [0.4, 0.5) is 0 Å². The van der Waals surface area contributed by atoms with Gasteiger partial charge in [0.2, 0.25) is 0 Å². The molecule has 0 spiro atoms. The van der Waals surface area contributed by atoms with E-state index in [-0.39, 0.29) is 0 Å². The quantitative estimate of drug-likeness (QED) is 0.575. The van der Waals surface area contributed by atoms with E-state index in [1.165, 1.54) is 0 Å². The largest absolute Gasteiger partial charge is 0.381 e. The number of ether oxygens (including phenoxy) is 1. The lowest BCUT2D eigenvalue weighted by Crippen LogP contribution is -2.32. The Labute approximate surface area is 91.2 Å². The summed E-state index contributed by atoms with van der Waals surface area (Å²) in [6.45, 7) is 17.1. The van der Waals surface area contributed by atoms with Crippen LogP contribution in [0.2, 0.25) is 13.1 Å². The van der Waals surface area contributed by atoms with Crippen LogP contribution in [0.15, 0.2) is 0 Å². The standard InChI is InChI=1S/C11H26NOSi/c1-6-11(14(4)5)13-10-9-12(7-2)8-3/h11,14H,1,6-10H2,2-5H3. The average molecular weight is 216 g/mol. The van der Waals surface area contributed by atoms with E-state index in [4.69, 9.17) is 4.74 Å². The van der Waals surface area contributed by atoms with Gasteiger partial charge in [0.05, 0.1) is 15.4 Å². The van der Waals surface area contributed by atoms with Crippen molar-refractivity contribution in [1.82, 2.24) is 4.90 Å². The molecule has 0 rings (SSSR count). The van der Waals surface area contributed by atoms with E-state index in [1.54, 1.807) is 0 Å². The molecule has 0 fully saturated rings. The molecular weight excluding hydrogens is 190 g/mol. The van der Waals surface area contributed by atoms with Crippen LogP contribution in [0.1, 0.15) is 20.3 Å². The topological polar surface area (TPSA) is 12.5 Å². The molecule has 3 heteroatoms. The van der Waals surface area contributed by atoms with Crippen LogP contribution >= 0.6 is 0 Å². The molecule has 0 N–H and O–H groups in total. The van der Waals surface area contributed by atoms with Gasteiger partial charge in [-0.25, -0.2) is 0 Å². The van der Waals surface area contributed by atoms with Crippen molar-refractivity contribution in [2.75, 3.05) is 26.2 Å². The molecule has 0 saturated carbocycles. The molecule has 0 bridgehead atoms. The molecule has 85 valence electrons. The van der Waals surface area contributed by atoms with Crippen LogP contribution in [-0.4, -0.2) is 45.7 Å². The lowest BCUT2D eigenvalue weighted by molar-refractivity contribution is 0.0823. The zero-order valence-electron chi connectivity index (χ0n) is 10.3. The first kappa shape index (κ1) is 14.1. The number of hydrogen-bond donors (Lipinski definition) is 0. The predicted octanol–water partition coefficient (Wildman–Crippen LogP) is 1.96. The maximum Gasteiger partial charge on any atom is 0.0656 e. The average Bonchev–Trinajstić information content (AvgIpc) is 2.18. The van der Waals surface area contributed by atoms with Crippen molar-refractivity contribution in [3.05, 3.63) is 6.92 Å². The molecule has 0 aliphatic carbocycles. The summed E-state index contributed by atoms with van der Waals surface area (Å²) < 4.78 is 5.84. The zero-order chi connectivity index (χ0) is 11.0. The Balaban J connectivity index is 3.59. The fourth-order valence-electron chi connectivity index (χ4n) is 1.48. The minimum atomic E-state index is -0.669. The van der Waals surface area contributed by atoms with Gasteiger partial charge in [0, 0.05) is 12.3 Å². The second-order valence-electron chi connectivity index (χ2n) is 3.97. The first-order valence-corrected chi connectivity index (χ1v) is 8.76. The first-order chi connectivity index (χ1) is 6.65. The summed E-state index contributed by atoms with van der Waals surface area (Å²) in [5.41, 5.74) is 0.463. The number of hydrogen-bond acceptors (Lipinski definition) is 2. The minimum absolute atomic E-state index is 0.463. The molecule has 0 aliphatic rings. The molecule has 0 amide bonds. The number of rotatable bonds is 8. The maximum atomic E-state index is 5.84. The molecule has 0 heterocycles. The molecule has 0 aromatic rings. The summed E-state index contributed by atoms with van der Waals surface area (Å²) in [6.07, 6.45) is 0.933. The highest BCUT2D eigenvalue weighted by Crippen LogP contribution is 2.02. The van der Waals surface area contributed by atoms with Gasteiger partial charge in [-0.15, -0.1) is 0 Å². The molecule has 1 unspecified atom stereocenters. The van der Waals surface area contributed by atoms with Gasteiger partial charge in [0.15, 0.2) is 0 Å². The Bertz CT molecular complexity index is 126. The van der Waals surface area contributed by atoms with E-state index in [9.17, 15) is 0 Å². The van der Waals surface area contributed by atoms with E-state index >= 15 is 0 Å². The lowest BCUT2D eigenvalue weighted by atomic mass is 10.5. The van der Waals surface area contributed by atoms with Crippen LogP contribution in [0, 0.1) is 6.92 Å². The molecule has 1 atom stereocenters. The second kappa shape index (κ2) is 8.45. The smallest absolute Gasteiger partial charge is 0.0656 e. The van der Waals surface area contributed by atoms with E-state index in [1.807, 2.05) is 0 Å². The van der Waals surface area contributed by atoms with Gasteiger partial charge in [0.1, 0.15) is 0 Å². The highest BCUT2D eigenvalue weighted by Gasteiger charge is 2.12. The molecule has 2 nitrogen and oxygen atoms in total. The highest BCUT2D eigenvalue weighted by atomic mass is 28.3. The van der Waals surface area contributed by atoms with E-state index in [0.29, 0.717) is 5.73 Å². The Morgan fingerprint density at radius 1 is 1.29 bits per heavy atom. The Morgan fingerprint density at radius 3 is 2.21 bits per heavy atom. The molecule has 14 heavy (non-hydrogen) atoms. The van der Waals surface area contributed by atoms with Crippen molar-refractivity contribution in [3.8, 4) is 0 Å². The molecule has 0 saturated heterocycles. The molecular formula is C11H26NOSi. The highest BCUT2D eigenvalue weighted by molar-refractivity contribution is 6.57. The fourth-order valence-corrected chi connectivity index (χ4v) is 2.67. The number of likely N-dealkylation sites (N-methyl/N-ethyl adjacent to an activating group) is 1. The normalized spacial score (nSPS) is 13.9. The van der Waals surface area contributed by atoms with Gasteiger partial charge in [-0.1, -0.05) is 33.9 Å². The summed E-state index contributed by atoms with van der Waals surface area (Å²) in [6, 6.07) is 0. The third-order valence-electron chi connectivity index (χ3n) is 2.66. The summed E-state index contributed by atoms with van der Waals surface area (Å²) in [5, 5.41) is 0. The zero-order valence-corrected chi connectivity index (χ0v) is 11.4. The van der Waals surface area contributed by atoms with Crippen LogP contribution in [0.5, 0.6) is 0 Å². The maximum absolute atomic E-state index is 5.84. The molecule has 1 radical (unpaired) electrons. The Hall–Kier alpha value is 0.137. The van der Waals surface area contributed by atoms with Crippen LogP contribution in [0.25, 0.3) is 0 Å². The van der Waals surface area contributed by atoms with Gasteiger partial charge in [-0.3, -0.25) is 0 Å². The van der Waals surface area contributed by atoms with Crippen molar-refractivity contribution in [3.63, 3.8) is 0 Å². The van der Waals surface area contributed by atoms with Crippen molar-refractivity contribution >= 4 is 8.80 Å². The lowest BCUT2D eigenvalue weighted by Gasteiger charge is -2.22. The monoisotopic (exact) mass is 216 g/mol.